The molecule has 37 heavy (non-hydrogen) atoms. The second-order valence-electron chi connectivity index (χ2n) is 9.24. The Morgan fingerprint density at radius 2 is 1.70 bits per heavy atom. The summed E-state index contributed by atoms with van der Waals surface area (Å²) < 4.78 is 12.7. The molecule has 6 rings (SSSR count). The zero-order chi connectivity index (χ0) is 26.1. The summed E-state index contributed by atoms with van der Waals surface area (Å²) in [5, 5.41) is 22.4. The Kier molecular flexibility index (Phi) is 4.55. The first kappa shape index (κ1) is 22.5. The molecule has 2 aliphatic heterocycles. The van der Waals surface area contributed by atoms with Crippen LogP contribution in [0.25, 0.3) is 21.7 Å². The number of ether oxygens (including phenoxy) is 1. The lowest BCUT2D eigenvalue weighted by atomic mass is 9.91. The zero-order valence-corrected chi connectivity index (χ0v) is 19.7. The van der Waals surface area contributed by atoms with Gasteiger partial charge in [0, 0.05) is 22.4 Å². The number of furan rings is 1. The monoisotopic (exact) mass is 503 g/mol. The zero-order valence-electron chi connectivity index (χ0n) is 19.7. The van der Waals surface area contributed by atoms with Gasteiger partial charge in [-0.2, -0.15) is 0 Å². The Balaban J connectivity index is 1.44. The molecule has 2 saturated heterocycles. The number of aromatic nitrogens is 1. The van der Waals surface area contributed by atoms with Crippen molar-refractivity contribution in [3.63, 3.8) is 0 Å². The average molecular weight is 503 g/mol. The summed E-state index contributed by atoms with van der Waals surface area (Å²) in [6.45, 7) is 1.41. The number of hydrogen-bond acceptors (Lipinski definition) is 7. The summed E-state index contributed by atoms with van der Waals surface area (Å²) in [5.74, 6) is -0.581. The van der Waals surface area contributed by atoms with Crippen LogP contribution in [-0.2, 0) is 27.2 Å². The first-order chi connectivity index (χ1) is 17.6. The van der Waals surface area contributed by atoms with Crippen LogP contribution < -0.4 is 26.0 Å². The summed E-state index contributed by atoms with van der Waals surface area (Å²) in [7, 11) is 1.52. The van der Waals surface area contributed by atoms with E-state index in [9.17, 15) is 24.3 Å². The molecule has 6 amide bonds. The maximum absolute atomic E-state index is 13.2. The van der Waals surface area contributed by atoms with Crippen molar-refractivity contribution in [3.05, 3.63) is 60.0 Å². The predicted molar refractivity (Wildman–Crippen MR) is 129 cm³/mol. The quantitative estimate of drug-likeness (QED) is 0.260. The molecule has 2 fully saturated rings. The van der Waals surface area contributed by atoms with Crippen LogP contribution in [0.5, 0.6) is 11.6 Å². The van der Waals surface area contributed by atoms with E-state index in [2.05, 4.69) is 21.3 Å². The third-order valence-electron chi connectivity index (χ3n) is 6.98. The van der Waals surface area contributed by atoms with Crippen molar-refractivity contribution in [2.75, 3.05) is 7.11 Å². The predicted octanol–water partition coefficient (Wildman–Crippen LogP) is 1.89. The lowest BCUT2D eigenvalue weighted by Gasteiger charge is -2.24. The number of methoxy groups -OCH3 is 1. The Morgan fingerprint density at radius 3 is 2.38 bits per heavy atom. The number of fused-ring (bicyclic) bond motifs is 2. The molecule has 12 heteroatoms. The van der Waals surface area contributed by atoms with Gasteiger partial charge in [0.2, 0.25) is 0 Å². The standard InChI is InChI=1S/C25H21N5O7/c1-24(20(32)26-22(34)28-24)14-4-6-17-13(7-14)8-18(37-17)25(21(33)27-23(35)29-25)11-30-10-12-3-5-15(36-2)9-16(12)19(30)31/h3-10,31H,11H2,1-2H3,(H2,26,28,32,34)(H2,27,29,33,35)/t24?,25-/m0/s1. The highest BCUT2D eigenvalue weighted by Crippen LogP contribution is 2.37. The van der Waals surface area contributed by atoms with Gasteiger partial charge in [-0.05, 0) is 48.9 Å². The van der Waals surface area contributed by atoms with E-state index in [1.54, 1.807) is 55.6 Å². The van der Waals surface area contributed by atoms with Crippen molar-refractivity contribution in [1.29, 1.82) is 0 Å². The lowest BCUT2D eigenvalue weighted by molar-refractivity contribution is -0.125. The van der Waals surface area contributed by atoms with Crippen molar-refractivity contribution in [2.24, 2.45) is 0 Å². The van der Waals surface area contributed by atoms with Gasteiger partial charge in [-0.3, -0.25) is 20.2 Å². The van der Waals surface area contributed by atoms with Gasteiger partial charge in [0.15, 0.2) is 11.4 Å². The van der Waals surface area contributed by atoms with E-state index >= 15 is 0 Å². The highest BCUT2D eigenvalue weighted by atomic mass is 16.5. The highest BCUT2D eigenvalue weighted by Gasteiger charge is 2.51. The molecule has 0 bridgehead atoms. The number of rotatable bonds is 5. The SMILES string of the molecule is COc1ccc2cn(C[C@@]3(c4cc5cc(C6(C)NC(=O)NC6=O)ccc5o4)NC(=O)NC3=O)c(O)c2c1. The van der Waals surface area contributed by atoms with Gasteiger partial charge in [-0.15, -0.1) is 0 Å². The molecule has 12 nitrogen and oxygen atoms in total. The van der Waals surface area contributed by atoms with Crippen LogP contribution in [0, 0.1) is 0 Å². The molecular weight excluding hydrogens is 482 g/mol. The molecule has 5 N–H and O–H groups in total. The average Bonchev–Trinajstić information content (AvgIpc) is 3.57. The molecule has 2 aromatic heterocycles. The van der Waals surface area contributed by atoms with E-state index in [1.807, 2.05) is 0 Å². The molecule has 1 unspecified atom stereocenters. The van der Waals surface area contributed by atoms with Crippen molar-refractivity contribution in [2.45, 2.75) is 24.5 Å². The van der Waals surface area contributed by atoms with Crippen molar-refractivity contribution < 1.29 is 33.4 Å². The summed E-state index contributed by atoms with van der Waals surface area (Å²) in [6, 6.07) is 10.4. The second-order valence-corrected chi connectivity index (χ2v) is 9.24. The van der Waals surface area contributed by atoms with Gasteiger partial charge in [-0.25, -0.2) is 9.59 Å². The number of urea groups is 2. The molecule has 4 heterocycles. The minimum Gasteiger partial charge on any atom is -0.497 e. The van der Waals surface area contributed by atoms with E-state index < -0.39 is 35.0 Å². The Bertz CT molecular complexity index is 1670. The molecular formula is C25H21N5O7. The number of carbonyl (C=O) groups is 4. The van der Waals surface area contributed by atoms with Crippen LogP contribution in [0.1, 0.15) is 18.2 Å². The van der Waals surface area contributed by atoms with E-state index in [0.717, 1.165) is 0 Å². The highest BCUT2D eigenvalue weighted by molar-refractivity contribution is 6.08. The lowest BCUT2D eigenvalue weighted by Crippen LogP contribution is -2.47. The number of hydrogen-bond donors (Lipinski definition) is 5. The Morgan fingerprint density at radius 1 is 0.946 bits per heavy atom. The number of carbonyl (C=O) groups excluding carboxylic acids is 4. The maximum atomic E-state index is 13.2. The van der Waals surface area contributed by atoms with E-state index in [1.165, 1.54) is 11.7 Å². The van der Waals surface area contributed by atoms with Crippen LogP contribution in [-0.4, -0.2) is 40.7 Å². The van der Waals surface area contributed by atoms with Gasteiger partial charge in [-0.1, -0.05) is 6.07 Å². The van der Waals surface area contributed by atoms with E-state index in [-0.39, 0.29) is 18.2 Å². The fourth-order valence-corrected chi connectivity index (χ4v) is 4.89. The fourth-order valence-electron chi connectivity index (χ4n) is 4.89. The Labute approximate surface area is 208 Å². The summed E-state index contributed by atoms with van der Waals surface area (Å²) >= 11 is 0. The van der Waals surface area contributed by atoms with Crippen LogP contribution in [0.4, 0.5) is 9.59 Å². The number of imide groups is 2. The molecule has 0 spiro atoms. The second kappa shape index (κ2) is 7.50. The molecule has 188 valence electrons. The van der Waals surface area contributed by atoms with Gasteiger partial charge >= 0.3 is 12.1 Å². The number of nitrogens with zero attached hydrogens (tertiary/aromatic N) is 1. The van der Waals surface area contributed by atoms with Gasteiger partial charge in [0.25, 0.3) is 11.8 Å². The van der Waals surface area contributed by atoms with E-state index in [0.29, 0.717) is 33.1 Å². The maximum Gasteiger partial charge on any atom is 0.322 e. The Hall–Kier alpha value is -5.00. The number of aromatic hydroxyl groups is 1. The summed E-state index contributed by atoms with van der Waals surface area (Å²) in [4.78, 5) is 49.5. The third kappa shape index (κ3) is 3.22. The van der Waals surface area contributed by atoms with Gasteiger partial charge in [0.05, 0.1) is 13.7 Å². The minimum atomic E-state index is -1.67. The van der Waals surface area contributed by atoms with Crippen molar-refractivity contribution in [3.8, 4) is 11.6 Å². The van der Waals surface area contributed by atoms with E-state index in [4.69, 9.17) is 9.15 Å². The largest absolute Gasteiger partial charge is 0.497 e. The fraction of sp³-hybridized carbons (Fsp3) is 0.200. The third-order valence-corrected chi connectivity index (χ3v) is 6.98. The van der Waals surface area contributed by atoms with Crippen LogP contribution in [0.15, 0.2) is 53.1 Å². The van der Waals surface area contributed by atoms with Gasteiger partial charge < -0.3 is 29.5 Å². The van der Waals surface area contributed by atoms with Crippen LogP contribution in [0.2, 0.25) is 0 Å². The number of benzene rings is 2. The minimum absolute atomic E-state index is 0.114. The summed E-state index contributed by atoms with van der Waals surface area (Å²) in [5.41, 5.74) is -2.05. The molecule has 4 aromatic rings. The molecule has 0 aliphatic carbocycles. The summed E-state index contributed by atoms with van der Waals surface area (Å²) in [6.07, 6.45) is 1.66. The van der Waals surface area contributed by atoms with Gasteiger partial charge in [0.1, 0.15) is 22.6 Å². The smallest absolute Gasteiger partial charge is 0.322 e. The van der Waals surface area contributed by atoms with Crippen LogP contribution >= 0.6 is 0 Å². The molecule has 2 atom stereocenters. The molecule has 2 aromatic carbocycles. The molecule has 2 aliphatic rings. The first-order valence-electron chi connectivity index (χ1n) is 11.3. The number of amides is 6. The molecule has 0 radical (unpaired) electrons. The topological polar surface area (TPSA) is 164 Å². The van der Waals surface area contributed by atoms with Crippen molar-refractivity contribution >= 4 is 45.6 Å². The van der Waals surface area contributed by atoms with Crippen LogP contribution in [0.3, 0.4) is 0 Å². The number of nitrogens with one attached hydrogen (secondary N) is 4. The first-order valence-corrected chi connectivity index (χ1v) is 11.3. The molecule has 0 saturated carbocycles. The normalized spacial score (nSPS) is 23.3. The van der Waals surface area contributed by atoms with Crippen molar-refractivity contribution in [1.82, 2.24) is 25.8 Å².